The van der Waals surface area contributed by atoms with E-state index in [-0.39, 0.29) is 0 Å². The highest BCUT2D eigenvalue weighted by Crippen LogP contribution is 2.06. The van der Waals surface area contributed by atoms with Gasteiger partial charge < -0.3 is 4.90 Å². The summed E-state index contributed by atoms with van der Waals surface area (Å²) in [4.78, 5) is 11.9. The van der Waals surface area contributed by atoms with Crippen molar-refractivity contribution in [2.24, 2.45) is 0 Å². The van der Waals surface area contributed by atoms with Crippen LogP contribution in [0.4, 0.5) is 0 Å². The second-order valence-corrected chi connectivity index (χ2v) is 2.40. The first kappa shape index (κ1) is 10.2. The molecular formula is C9H17NO. The van der Waals surface area contributed by atoms with Crippen molar-refractivity contribution in [2.45, 2.75) is 27.2 Å². The Balaban J connectivity index is 0.000000461. The highest BCUT2D eigenvalue weighted by atomic mass is 16.1. The Morgan fingerprint density at radius 2 is 2.18 bits per heavy atom. The Morgan fingerprint density at radius 1 is 1.55 bits per heavy atom. The van der Waals surface area contributed by atoms with Gasteiger partial charge in [-0.25, -0.2) is 0 Å². The Kier molecular flexibility index (Phi) is 5.53. The number of amides is 1. The average Bonchev–Trinajstić information content (AvgIpc) is 2.10. The summed E-state index contributed by atoms with van der Waals surface area (Å²) in [7, 11) is 0. The van der Waals surface area contributed by atoms with Gasteiger partial charge >= 0.3 is 0 Å². The number of hydrogen-bond donors (Lipinski definition) is 0. The third-order valence-corrected chi connectivity index (χ3v) is 1.62. The van der Waals surface area contributed by atoms with Crippen molar-refractivity contribution in [2.75, 3.05) is 13.1 Å². The molecule has 0 radical (unpaired) electrons. The second kappa shape index (κ2) is 5.96. The molecule has 0 bridgehead atoms. The van der Waals surface area contributed by atoms with Crippen LogP contribution in [0.25, 0.3) is 0 Å². The maximum atomic E-state index is 10.2. The zero-order valence-corrected chi connectivity index (χ0v) is 7.63. The Hall–Kier alpha value is -0.790. The SMILES string of the molecule is CC.CC1=CCN(C=O)CC1. The molecule has 1 heterocycles. The van der Waals surface area contributed by atoms with Crippen LogP contribution in [-0.2, 0) is 4.79 Å². The first-order valence-electron chi connectivity index (χ1n) is 4.18. The Labute approximate surface area is 68.9 Å². The number of hydrogen-bond acceptors (Lipinski definition) is 1. The van der Waals surface area contributed by atoms with E-state index < -0.39 is 0 Å². The lowest BCUT2D eigenvalue weighted by atomic mass is 10.1. The highest BCUT2D eigenvalue weighted by Gasteiger charge is 2.04. The third-order valence-electron chi connectivity index (χ3n) is 1.62. The lowest BCUT2D eigenvalue weighted by molar-refractivity contribution is -0.117. The van der Waals surface area contributed by atoms with Crippen molar-refractivity contribution >= 4 is 6.41 Å². The Morgan fingerprint density at radius 3 is 2.55 bits per heavy atom. The van der Waals surface area contributed by atoms with E-state index in [4.69, 9.17) is 0 Å². The van der Waals surface area contributed by atoms with Gasteiger partial charge in [0, 0.05) is 13.1 Å². The molecule has 1 aliphatic heterocycles. The van der Waals surface area contributed by atoms with Gasteiger partial charge in [-0.15, -0.1) is 0 Å². The van der Waals surface area contributed by atoms with Gasteiger partial charge in [0.25, 0.3) is 0 Å². The van der Waals surface area contributed by atoms with E-state index in [0.717, 1.165) is 25.9 Å². The number of rotatable bonds is 1. The second-order valence-electron chi connectivity index (χ2n) is 2.40. The van der Waals surface area contributed by atoms with Gasteiger partial charge in [-0.05, 0) is 13.3 Å². The maximum absolute atomic E-state index is 10.2. The van der Waals surface area contributed by atoms with Gasteiger partial charge in [-0.3, -0.25) is 4.79 Å². The van der Waals surface area contributed by atoms with Crippen LogP contribution in [-0.4, -0.2) is 24.4 Å². The molecule has 0 aromatic heterocycles. The van der Waals surface area contributed by atoms with Crippen LogP contribution >= 0.6 is 0 Å². The van der Waals surface area contributed by atoms with E-state index in [2.05, 4.69) is 13.0 Å². The summed E-state index contributed by atoms with van der Waals surface area (Å²) in [6.07, 6.45) is 4.04. The summed E-state index contributed by atoms with van der Waals surface area (Å²) in [5, 5.41) is 0. The molecule has 0 unspecified atom stereocenters. The van der Waals surface area contributed by atoms with Crippen LogP contribution in [0.1, 0.15) is 27.2 Å². The number of nitrogens with zero attached hydrogens (tertiary/aromatic N) is 1. The van der Waals surface area contributed by atoms with Crippen molar-refractivity contribution < 1.29 is 4.79 Å². The van der Waals surface area contributed by atoms with E-state index in [9.17, 15) is 4.79 Å². The van der Waals surface area contributed by atoms with E-state index in [0.29, 0.717) is 0 Å². The molecule has 0 saturated carbocycles. The molecule has 2 heteroatoms. The summed E-state index contributed by atoms with van der Waals surface area (Å²) in [6.45, 7) is 7.79. The third kappa shape index (κ3) is 3.81. The molecule has 0 aliphatic carbocycles. The molecule has 0 fully saturated rings. The average molecular weight is 155 g/mol. The van der Waals surface area contributed by atoms with Crippen molar-refractivity contribution in [1.29, 1.82) is 0 Å². The molecule has 0 atom stereocenters. The summed E-state index contributed by atoms with van der Waals surface area (Å²) >= 11 is 0. The largest absolute Gasteiger partial charge is 0.341 e. The van der Waals surface area contributed by atoms with Gasteiger partial charge in [0.1, 0.15) is 0 Å². The lowest BCUT2D eigenvalue weighted by Gasteiger charge is -2.20. The van der Waals surface area contributed by atoms with E-state index in [1.807, 2.05) is 13.8 Å². The minimum Gasteiger partial charge on any atom is -0.341 e. The predicted octanol–water partition coefficient (Wildman–Crippen LogP) is 1.82. The smallest absolute Gasteiger partial charge is 0.209 e. The van der Waals surface area contributed by atoms with Gasteiger partial charge in [0.05, 0.1) is 0 Å². The standard InChI is InChI=1S/C7H11NO.C2H6/c1-7-2-4-8(6-9)5-3-7;1-2/h2,6H,3-5H2,1H3;1-2H3. The normalized spacial score (nSPS) is 16.3. The molecule has 0 aromatic rings. The first-order chi connectivity index (χ1) is 5.33. The van der Waals surface area contributed by atoms with Crippen LogP contribution < -0.4 is 0 Å². The van der Waals surface area contributed by atoms with Crippen LogP contribution in [0.15, 0.2) is 11.6 Å². The zero-order valence-electron chi connectivity index (χ0n) is 7.63. The maximum Gasteiger partial charge on any atom is 0.209 e. The molecular weight excluding hydrogens is 138 g/mol. The highest BCUT2D eigenvalue weighted by molar-refractivity contribution is 5.48. The van der Waals surface area contributed by atoms with Crippen LogP contribution in [0, 0.1) is 0 Å². The monoisotopic (exact) mass is 155 g/mol. The van der Waals surface area contributed by atoms with Gasteiger partial charge in [-0.1, -0.05) is 25.5 Å². The summed E-state index contributed by atoms with van der Waals surface area (Å²) in [5.74, 6) is 0. The lowest BCUT2D eigenvalue weighted by Crippen LogP contribution is -2.26. The summed E-state index contributed by atoms with van der Waals surface area (Å²) in [6, 6.07) is 0. The minimum absolute atomic E-state index is 0.801. The molecule has 64 valence electrons. The summed E-state index contributed by atoms with van der Waals surface area (Å²) in [5.41, 5.74) is 1.40. The topological polar surface area (TPSA) is 20.3 Å². The van der Waals surface area contributed by atoms with Crippen molar-refractivity contribution in [3.8, 4) is 0 Å². The molecule has 1 amide bonds. The zero-order chi connectivity index (χ0) is 8.69. The molecule has 0 aromatic carbocycles. The van der Waals surface area contributed by atoms with Crippen LogP contribution in [0.5, 0.6) is 0 Å². The molecule has 11 heavy (non-hydrogen) atoms. The van der Waals surface area contributed by atoms with Crippen molar-refractivity contribution in [3.63, 3.8) is 0 Å². The number of carbonyl (C=O) groups excluding carboxylic acids is 1. The molecule has 1 aliphatic rings. The fraction of sp³-hybridized carbons (Fsp3) is 0.667. The van der Waals surface area contributed by atoms with Gasteiger partial charge in [0.2, 0.25) is 6.41 Å². The van der Waals surface area contributed by atoms with E-state index in [1.54, 1.807) is 4.90 Å². The Bertz CT molecular complexity index is 140. The van der Waals surface area contributed by atoms with Crippen LogP contribution in [0.2, 0.25) is 0 Å². The fourth-order valence-corrected chi connectivity index (χ4v) is 0.882. The first-order valence-corrected chi connectivity index (χ1v) is 4.18. The predicted molar refractivity (Wildman–Crippen MR) is 47.4 cm³/mol. The molecule has 1 rings (SSSR count). The minimum atomic E-state index is 0.801. The molecule has 2 nitrogen and oxygen atoms in total. The van der Waals surface area contributed by atoms with E-state index in [1.165, 1.54) is 5.57 Å². The fourth-order valence-electron chi connectivity index (χ4n) is 0.882. The summed E-state index contributed by atoms with van der Waals surface area (Å²) < 4.78 is 0. The van der Waals surface area contributed by atoms with Gasteiger partial charge in [-0.2, -0.15) is 0 Å². The molecule has 0 N–H and O–H groups in total. The van der Waals surface area contributed by atoms with Crippen molar-refractivity contribution in [3.05, 3.63) is 11.6 Å². The number of carbonyl (C=O) groups is 1. The van der Waals surface area contributed by atoms with Gasteiger partial charge in [0.15, 0.2) is 0 Å². The molecule has 0 spiro atoms. The molecule has 0 saturated heterocycles. The quantitative estimate of drug-likeness (QED) is 0.418. The van der Waals surface area contributed by atoms with E-state index >= 15 is 0 Å². The van der Waals surface area contributed by atoms with Crippen molar-refractivity contribution in [1.82, 2.24) is 4.90 Å². The van der Waals surface area contributed by atoms with Crippen LogP contribution in [0.3, 0.4) is 0 Å².